The van der Waals surface area contributed by atoms with Crippen LogP contribution in [0, 0.1) is 0 Å². The molecule has 4 nitrogen and oxygen atoms in total. The lowest BCUT2D eigenvalue weighted by molar-refractivity contribution is -0.120. The minimum Gasteiger partial charge on any atom is -0.454 e. The fourth-order valence-corrected chi connectivity index (χ4v) is 2.39. The summed E-state index contributed by atoms with van der Waals surface area (Å²) in [7, 11) is 0. The fourth-order valence-electron chi connectivity index (χ4n) is 1.89. The van der Waals surface area contributed by atoms with E-state index in [1.54, 1.807) is 48.5 Å². The van der Waals surface area contributed by atoms with Gasteiger partial charge in [0.15, 0.2) is 5.78 Å². The first-order valence-corrected chi connectivity index (χ1v) is 7.91. The Morgan fingerprint density at radius 1 is 1.12 bits per heavy atom. The highest BCUT2D eigenvalue weighted by molar-refractivity contribution is 7.99. The predicted molar refractivity (Wildman–Crippen MR) is 89.0 cm³/mol. The zero-order valence-corrected chi connectivity index (χ0v) is 13.6. The summed E-state index contributed by atoms with van der Waals surface area (Å²) in [4.78, 5) is 23.4. The van der Waals surface area contributed by atoms with E-state index >= 15 is 0 Å². The molecule has 24 heavy (non-hydrogen) atoms. The minimum atomic E-state index is -2.47. The molecule has 0 aliphatic rings. The molecule has 0 saturated heterocycles. The molecule has 2 aromatic rings. The van der Waals surface area contributed by atoms with Crippen LogP contribution in [0.25, 0.3) is 0 Å². The molecule has 0 amide bonds. The highest BCUT2D eigenvalue weighted by Gasteiger charge is 2.13. The predicted octanol–water partition coefficient (Wildman–Crippen LogP) is 4.49. The summed E-state index contributed by atoms with van der Waals surface area (Å²) in [6.07, 6.45) is 0. The summed E-state index contributed by atoms with van der Waals surface area (Å²) >= 11 is 0.464. The first kappa shape index (κ1) is 17.9. The second kappa shape index (κ2) is 8.44. The third-order valence-electron chi connectivity index (χ3n) is 2.91. The van der Waals surface area contributed by atoms with Crippen molar-refractivity contribution >= 4 is 34.9 Å². The molecule has 0 fully saturated rings. The lowest BCUT2D eigenvalue weighted by atomic mass is 10.1. The van der Waals surface area contributed by atoms with E-state index in [1.807, 2.05) is 0 Å². The number of rotatable bonds is 7. The van der Waals surface area contributed by atoms with Crippen LogP contribution in [0.15, 0.2) is 53.4 Å². The second-order valence-corrected chi connectivity index (χ2v) is 5.92. The first-order chi connectivity index (χ1) is 11.5. The Morgan fingerprint density at radius 3 is 2.42 bits per heavy atom. The third-order valence-corrected chi connectivity index (χ3v) is 3.63. The maximum absolute atomic E-state index is 12.3. The molecular weight excluding hydrogens is 336 g/mol. The highest BCUT2D eigenvalue weighted by atomic mass is 32.2. The summed E-state index contributed by atoms with van der Waals surface area (Å²) in [6.45, 7) is 1.04. The molecule has 0 heterocycles. The summed E-state index contributed by atoms with van der Waals surface area (Å²) in [5.41, 5.74) is 1.42. The number of anilines is 2. The molecule has 0 bridgehead atoms. The minimum absolute atomic E-state index is 0.249. The van der Waals surface area contributed by atoms with Gasteiger partial charge in [0.25, 0.3) is 5.76 Å². The molecule has 0 aliphatic heterocycles. The van der Waals surface area contributed by atoms with E-state index in [-0.39, 0.29) is 18.0 Å². The van der Waals surface area contributed by atoms with Crippen molar-refractivity contribution in [2.75, 3.05) is 11.9 Å². The van der Waals surface area contributed by atoms with E-state index < -0.39 is 11.7 Å². The molecule has 0 radical (unpaired) electrons. The summed E-state index contributed by atoms with van der Waals surface area (Å²) < 4.78 is 29.5. The third kappa shape index (κ3) is 5.34. The van der Waals surface area contributed by atoms with Crippen LogP contribution < -0.4 is 5.32 Å². The van der Waals surface area contributed by atoms with Crippen molar-refractivity contribution in [3.05, 3.63) is 54.1 Å². The maximum atomic E-state index is 12.3. The van der Waals surface area contributed by atoms with Gasteiger partial charge in [0.1, 0.15) is 6.61 Å². The number of hydrogen-bond donors (Lipinski definition) is 1. The number of Topliss-reactive ketones (excluding diaryl/α,β-unsaturated/α-hetero) is 1. The van der Waals surface area contributed by atoms with Crippen LogP contribution in [0.1, 0.15) is 17.3 Å². The summed E-state index contributed by atoms with van der Waals surface area (Å²) in [5.74, 6) is -3.33. The number of carbonyl (C=O) groups is 2. The standard InChI is InChI=1S/C17H15F2NO3S/c1-11(21)10-23-16(22)14-4-2-3-5-15(14)20-12-6-8-13(9-7-12)24-17(18)19/h2-9,17,20H,10H2,1H3. The van der Waals surface area contributed by atoms with Crippen LogP contribution in [0.3, 0.4) is 0 Å². The van der Waals surface area contributed by atoms with Crippen LogP contribution in [-0.2, 0) is 9.53 Å². The Balaban J connectivity index is 2.12. The number of ether oxygens (including phenoxy) is 1. The van der Waals surface area contributed by atoms with Crippen LogP contribution in [0.2, 0.25) is 0 Å². The molecule has 0 aliphatic carbocycles. The van der Waals surface area contributed by atoms with Gasteiger partial charge in [0.2, 0.25) is 0 Å². The van der Waals surface area contributed by atoms with Gasteiger partial charge in [-0.1, -0.05) is 23.9 Å². The van der Waals surface area contributed by atoms with E-state index in [4.69, 9.17) is 4.74 Å². The average Bonchev–Trinajstić information content (AvgIpc) is 2.54. The average molecular weight is 351 g/mol. The maximum Gasteiger partial charge on any atom is 0.340 e. The SMILES string of the molecule is CC(=O)COC(=O)c1ccccc1Nc1ccc(SC(F)F)cc1. The van der Waals surface area contributed by atoms with Gasteiger partial charge in [-0.15, -0.1) is 0 Å². The first-order valence-electron chi connectivity index (χ1n) is 7.03. The Labute approximate surface area is 142 Å². The van der Waals surface area contributed by atoms with Gasteiger partial charge in [-0.3, -0.25) is 4.79 Å². The molecule has 0 spiro atoms. The molecule has 7 heteroatoms. The number of thioether (sulfide) groups is 1. The van der Waals surface area contributed by atoms with E-state index in [2.05, 4.69) is 5.32 Å². The van der Waals surface area contributed by atoms with Crippen molar-refractivity contribution < 1.29 is 23.1 Å². The van der Waals surface area contributed by atoms with Gasteiger partial charge in [0, 0.05) is 10.6 Å². The van der Waals surface area contributed by atoms with E-state index in [1.165, 1.54) is 6.92 Å². The van der Waals surface area contributed by atoms with Gasteiger partial charge in [-0.05, 0) is 43.3 Å². The highest BCUT2D eigenvalue weighted by Crippen LogP contribution is 2.28. The largest absolute Gasteiger partial charge is 0.454 e. The van der Waals surface area contributed by atoms with Gasteiger partial charge < -0.3 is 10.1 Å². The number of alkyl halides is 2. The van der Waals surface area contributed by atoms with E-state index in [9.17, 15) is 18.4 Å². The fraction of sp³-hybridized carbons (Fsp3) is 0.176. The second-order valence-electron chi connectivity index (χ2n) is 4.85. The zero-order valence-electron chi connectivity index (χ0n) is 12.8. The monoisotopic (exact) mass is 351 g/mol. The lowest BCUT2D eigenvalue weighted by Crippen LogP contribution is -2.12. The van der Waals surface area contributed by atoms with E-state index in [0.29, 0.717) is 28.0 Å². The topological polar surface area (TPSA) is 55.4 Å². The molecule has 1 N–H and O–H groups in total. The van der Waals surface area contributed by atoms with Crippen LogP contribution in [0.4, 0.5) is 20.2 Å². The Kier molecular flexibility index (Phi) is 6.31. The number of hydrogen-bond acceptors (Lipinski definition) is 5. The smallest absolute Gasteiger partial charge is 0.340 e. The zero-order chi connectivity index (χ0) is 17.5. The number of carbonyl (C=O) groups excluding carboxylic acids is 2. The molecule has 126 valence electrons. The van der Waals surface area contributed by atoms with Gasteiger partial charge >= 0.3 is 5.97 Å². The normalized spacial score (nSPS) is 10.5. The lowest BCUT2D eigenvalue weighted by Gasteiger charge is -2.12. The van der Waals surface area contributed by atoms with E-state index in [0.717, 1.165) is 0 Å². The van der Waals surface area contributed by atoms with Crippen LogP contribution in [-0.4, -0.2) is 24.1 Å². The number of esters is 1. The Hall–Kier alpha value is -2.41. The number of halogens is 2. The summed E-state index contributed by atoms with van der Waals surface area (Å²) in [6, 6.07) is 13.1. The van der Waals surface area contributed by atoms with Gasteiger partial charge in [-0.25, -0.2) is 4.79 Å². The van der Waals surface area contributed by atoms with Gasteiger partial charge in [0.05, 0.1) is 11.3 Å². The van der Waals surface area contributed by atoms with Crippen molar-refractivity contribution in [3.63, 3.8) is 0 Å². The molecule has 2 aromatic carbocycles. The quantitative estimate of drug-likeness (QED) is 0.588. The molecular formula is C17H15F2NO3S. The summed E-state index contributed by atoms with van der Waals surface area (Å²) in [5, 5.41) is 3.04. The van der Waals surface area contributed by atoms with Crippen molar-refractivity contribution in [1.82, 2.24) is 0 Å². The Bertz CT molecular complexity index is 720. The number of ketones is 1. The van der Waals surface area contributed by atoms with Crippen molar-refractivity contribution in [3.8, 4) is 0 Å². The number of benzene rings is 2. The van der Waals surface area contributed by atoms with Crippen LogP contribution >= 0.6 is 11.8 Å². The van der Waals surface area contributed by atoms with Gasteiger partial charge in [-0.2, -0.15) is 8.78 Å². The molecule has 0 unspecified atom stereocenters. The Morgan fingerprint density at radius 2 is 1.79 bits per heavy atom. The number of nitrogens with one attached hydrogen (secondary N) is 1. The van der Waals surface area contributed by atoms with Crippen molar-refractivity contribution in [2.24, 2.45) is 0 Å². The molecule has 0 aromatic heterocycles. The molecule has 0 saturated carbocycles. The van der Waals surface area contributed by atoms with Crippen LogP contribution in [0.5, 0.6) is 0 Å². The molecule has 2 rings (SSSR count). The number of para-hydroxylation sites is 1. The van der Waals surface area contributed by atoms with Crippen molar-refractivity contribution in [2.45, 2.75) is 17.6 Å². The molecule has 0 atom stereocenters. The van der Waals surface area contributed by atoms with Crippen molar-refractivity contribution in [1.29, 1.82) is 0 Å².